The molecule has 0 aliphatic rings. The van der Waals surface area contributed by atoms with E-state index >= 15 is 0 Å². The molecule has 8 heteroatoms. The highest BCUT2D eigenvalue weighted by molar-refractivity contribution is 7.17. The summed E-state index contributed by atoms with van der Waals surface area (Å²) in [7, 11) is 1.53. The monoisotopic (exact) mass is 524 g/mol. The molecule has 3 heterocycles. The maximum atomic E-state index is 13.9. The first kappa shape index (κ1) is 23.7. The Bertz CT molecular complexity index is 1830. The van der Waals surface area contributed by atoms with E-state index < -0.39 is 5.91 Å². The maximum Gasteiger partial charge on any atom is 0.272 e. The Hall–Kier alpha value is -4.69. The van der Waals surface area contributed by atoms with Crippen molar-refractivity contribution < 1.29 is 23.1 Å². The Morgan fingerprint density at radius 1 is 1.00 bits per heavy atom. The van der Waals surface area contributed by atoms with Gasteiger partial charge in [-0.05, 0) is 59.5 Å². The van der Waals surface area contributed by atoms with Crippen LogP contribution in [0, 0.1) is 5.82 Å². The average molecular weight is 525 g/mol. The lowest BCUT2D eigenvalue weighted by Crippen LogP contribution is -2.19. The van der Waals surface area contributed by atoms with E-state index in [9.17, 15) is 14.0 Å². The highest BCUT2D eigenvalue weighted by Gasteiger charge is 2.26. The van der Waals surface area contributed by atoms with Gasteiger partial charge in [-0.25, -0.2) is 4.39 Å². The summed E-state index contributed by atoms with van der Waals surface area (Å²) in [6.07, 6.45) is 0. The third-order valence-corrected chi connectivity index (χ3v) is 7.21. The number of carbonyl (C=O) groups excluding carboxylic acids is 2. The third-order valence-electron chi connectivity index (χ3n) is 6.36. The molecule has 38 heavy (non-hydrogen) atoms. The molecule has 0 spiro atoms. The number of nitrogens with zero attached hydrogens (tertiary/aromatic N) is 1. The molecule has 0 saturated carbocycles. The summed E-state index contributed by atoms with van der Waals surface area (Å²) in [5.41, 5.74) is 3.13. The molecule has 0 bridgehead atoms. The zero-order valence-corrected chi connectivity index (χ0v) is 21.1. The van der Waals surface area contributed by atoms with Crippen molar-refractivity contribution in [1.29, 1.82) is 0 Å². The summed E-state index contributed by atoms with van der Waals surface area (Å²) in [4.78, 5) is 27.3. The third kappa shape index (κ3) is 4.25. The first-order valence-electron chi connectivity index (χ1n) is 11.8. The number of amides is 1. The van der Waals surface area contributed by atoms with E-state index in [2.05, 4.69) is 5.32 Å². The van der Waals surface area contributed by atoms with Crippen LogP contribution in [0.2, 0.25) is 0 Å². The van der Waals surface area contributed by atoms with Gasteiger partial charge in [-0.15, -0.1) is 11.3 Å². The van der Waals surface area contributed by atoms with E-state index in [0.717, 1.165) is 15.8 Å². The summed E-state index contributed by atoms with van der Waals surface area (Å²) in [5, 5.41) is 5.50. The molecule has 3 aromatic carbocycles. The van der Waals surface area contributed by atoms with E-state index in [4.69, 9.17) is 9.15 Å². The van der Waals surface area contributed by atoms with Gasteiger partial charge in [-0.2, -0.15) is 0 Å². The number of anilines is 1. The Labute approximate surface area is 220 Å². The molecule has 6 aromatic rings. The predicted molar refractivity (Wildman–Crippen MR) is 146 cm³/mol. The van der Waals surface area contributed by atoms with Gasteiger partial charge in [0.25, 0.3) is 5.91 Å². The molecule has 0 radical (unpaired) electrons. The lowest BCUT2D eigenvalue weighted by Gasteiger charge is -2.12. The van der Waals surface area contributed by atoms with Crippen molar-refractivity contribution in [1.82, 2.24) is 4.57 Å². The van der Waals surface area contributed by atoms with Crippen LogP contribution in [-0.2, 0) is 6.54 Å². The minimum atomic E-state index is -0.406. The number of ether oxygens (including phenoxy) is 1. The Kier molecular flexibility index (Phi) is 6.01. The number of halogens is 1. The van der Waals surface area contributed by atoms with Crippen LogP contribution in [0.5, 0.6) is 5.75 Å². The number of aromatic nitrogens is 1. The lowest BCUT2D eigenvalue weighted by atomic mass is 10.1. The molecule has 0 aliphatic carbocycles. The molecule has 0 fully saturated rings. The first-order valence-corrected chi connectivity index (χ1v) is 12.7. The van der Waals surface area contributed by atoms with E-state index in [1.807, 2.05) is 28.1 Å². The number of thiophene rings is 1. The summed E-state index contributed by atoms with van der Waals surface area (Å²) < 4.78 is 27.9. The fourth-order valence-corrected chi connectivity index (χ4v) is 5.38. The number of hydrogen-bond donors (Lipinski definition) is 1. The number of fused-ring (bicyclic) bond motifs is 2. The minimum absolute atomic E-state index is 0.0258. The number of ketones is 1. The Morgan fingerprint density at radius 2 is 1.84 bits per heavy atom. The van der Waals surface area contributed by atoms with E-state index in [-0.39, 0.29) is 17.4 Å². The van der Waals surface area contributed by atoms with Crippen LogP contribution in [0.3, 0.4) is 0 Å². The van der Waals surface area contributed by atoms with Gasteiger partial charge >= 0.3 is 0 Å². The summed E-state index contributed by atoms with van der Waals surface area (Å²) in [5.74, 6) is -0.569. The van der Waals surface area contributed by atoms with Gasteiger partial charge in [0.05, 0.1) is 23.0 Å². The molecule has 6 nitrogen and oxygen atoms in total. The fourth-order valence-electron chi connectivity index (χ4n) is 4.56. The molecule has 3 aromatic heterocycles. The smallest absolute Gasteiger partial charge is 0.272 e. The SMILES string of the molecule is COc1cccc(C(=O)c2oc3ccccc3c2NC(=O)c2cc3sccc3n2Cc2cccc(F)c2)c1. The second-order valence-electron chi connectivity index (χ2n) is 8.73. The second kappa shape index (κ2) is 9.64. The molecule has 6 rings (SSSR count). The average Bonchev–Trinajstić information content (AvgIpc) is 3.63. The Balaban J connectivity index is 1.41. The number of hydrogen-bond acceptors (Lipinski definition) is 5. The summed E-state index contributed by atoms with van der Waals surface area (Å²) in [6, 6.07) is 24.0. The molecule has 0 unspecified atom stereocenters. The van der Waals surface area contributed by atoms with Crippen LogP contribution in [-0.4, -0.2) is 23.4 Å². The van der Waals surface area contributed by atoms with E-state index in [0.29, 0.717) is 40.2 Å². The quantitative estimate of drug-likeness (QED) is 0.226. The van der Waals surface area contributed by atoms with Crippen LogP contribution in [0.1, 0.15) is 32.2 Å². The largest absolute Gasteiger partial charge is 0.497 e. The van der Waals surface area contributed by atoms with Gasteiger partial charge in [-0.1, -0.05) is 36.4 Å². The normalized spacial score (nSPS) is 11.2. The van der Waals surface area contributed by atoms with Crippen LogP contribution in [0.4, 0.5) is 10.1 Å². The number of nitrogens with one attached hydrogen (secondary N) is 1. The highest BCUT2D eigenvalue weighted by Crippen LogP contribution is 2.34. The van der Waals surface area contributed by atoms with Crippen molar-refractivity contribution >= 4 is 49.9 Å². The predicted octanol–water partition coefficient (Wildman–Crippen LogP) is 7.13. The number of para-hydroxylation sites is 1. The van der Waals surface area contributed by atoms with E-state index in [1.165, 1.54) is 30.6 Å². The van der Waals surface area contributed by atoms with Crippen molar-refractivity contribution in [2.75, 3.05) is 12.4 Å². The van der Waals surface area contributed by atoms with Crippen molar-refractivity contribution in [3.8, 4) is 5.75 Å². The standard InChI is InChI=1S/C30H21FN2O4S/c1-36-21-9-5-7-19(15-21)28(34)29-27(22-10-2-3-11-25(22)37-29)32-30(35)24-16-26-23(12-13-38-26)33(24)17-18-6-4-8-20(31)14-18/h2-16H,17H2,1H3,(H,32,35). The topological polar surface area (TPSA) is 73.5 Å². The maximum absolute atomic E-state index is 13.9. The lowest BCUT2D eigenvalue weighted by molar-refractivity contribution is 0.101. The number of benzene rings is 3. The van der Waals surface area contributed by atoms with Crippen molar-refractivity contribution in [2.24, 2.45) is 0 Å². The zero-order chi connectivity index (χ0) is 26.2. The molecule has 1 amide bonds. The number of carbonyl (C=O) groups is 2. The minimum Gasteiger partial charge on any atom is -0.497 e. The Morgan fingerprint density at radius 3 is 2.68 bits per heavy atom. The van der Waals surface area contributed by atoms with Crippen molar-refractivity contribution in [3.05, 3.63) is 119 Å². The molecule has 0 atom stereocenters. The van der Waals surface area contributed by atoms with E-state index in [1.54, 1.807) is 54.6 Å². The van der Waals surface area contributed by atoms with Gasteiger partial charge < -0.3 is 19.0 Å². The number of rotatable bonds is 7. The molecular formula is C30H21FN2O4S. The van der Waals surface area contributed by atoms with Crippen LogP contribution in [0.15, 0.2) is 94.7 Å². The van der Waals surface area contributed by atoms with Gasteiger partial charge in [0.2, 0.25) is 5.78 Å². The zero-order valence-electron chi connectivity index (χ0n) is 20.2. The molecule has 0 saturated heterocycles. The van der Waals surface area contributed by atoms with Gasteiger partial charge in [0, 0.05) is 17.5 Å². The van der Waals surface area contributed by atoms with Crippen molar-refractivity contribution in [2.45, 2.75) is 6.54 Å². The molecular weight excluding hydrogens is 503 g/mol. The van der Waals surface area contributed by atoms with Crippen molar-refractivity contribution in [3.63, 3.8) is 0 Å². The van der Waals surface area contributed by atoms with Crippen LogP contribution >= 0.6 is 11.3 Å². The van der Waals surface area contributed by atoms with Gasteiger partial charge in [0.15, 0.2) is 5.76 Å². The van der Waals surface area contributed by atoms with Crippen LogP contribution in [0.25, 0.3) is 21.2 Å². The molecule has 188 valence electrons. The summed E-state index contributed by atoms with van der Waals surface area (Å²) in [6.45, 7) is 0.308. The molecule has 1 N–H and O–H groups in total. The summed E-state index contributed by atoms with van der Waals surface area (Å²) >= 11 is 1.51. The second-order valence-corrected chi connectivity index (χ2v) is 9.68. The van der Waals surface area contributed by atoms with Crippen LogP contribution < -0.4 is 10.1 Å². The highest BCUT2D eigenvalue weighted by atomic mass is 32.1. The molecule has 0 aliphatic heterocycles. The fraction of sp³-hybridized carbons (Fsp3) is 0.0667. The van der Waals surface area contributed by atoms with Gasteiger partial charge in [0.1, 0.15) is 22.8 Å². The number of methoxy groups -OCH3 is 1. The van der Waals surface area contributed by atoms with Gasteiger partial charge in [-0.3, -0.25) is 9.59 Å². The first-order chi connectivity index (χ1) is 18.5. The number of furan rings is 1.